The summed E-state index contributed by atoms with van der Waals surface area (Å²) in [6.07, 6.45) is 1.32. The van der Waals surface area contributed by atoms with E-state index in [0.29, 0.717) is 17.9 Å². The summed E-state index contributed by atoms with van der Waals surface area (Å²) in [4.78, 5) is 12.0. The van der Waals surface area contributed by atoms with Crippen LogP contribution in [0.15, 0.2) is 54.6 Å². The van der Waals surface area contributed by atoms with E-state index in [1.165, 1.54) is 5.56 Å². The highest BCUT2D eigenvalue weighted by atomic mass is 16.5. The van der Waals surface area contributed by atoms with Crippen LogP contribution >= 0.6 is 0 Å². The lowest BCUT2D eigenvalue weighted by atomic mass is 9.97. The molecule has 24 heavy (non-hydrogen) atoms. The zero-order chi connectivity index (χ0) is 17.4. The number of aryl methyl sites for hydroxylation is 1. The fourth-order valence-electron chi connectivity index (χ4n) is 2.29. The molecule has 2 rings (SSSR count). The van der Waals surface area contributed by atoms with Crippen LogP contribution in [0.4, 0.5) is 10.5 Å². The van der Waals surface area contributed by atoms with Crippen LogP contribution in [0.25, 0.3) is 0 Å². The molecule has 128 valence electrons. The zero-order valence-corrected chi connectivity index (χ0v) is 14.1. The summed E-state index contributed by atoms with van der Waals surface area (Å²) >= 11 is 0. The number of anilines is 1. The van der Waals surface area contributed by atoms with Gasteiger partial charge >= 0.3 is 6.03 Å². The molecule has 0 fully saturated rings. The number of rotatable bonds is 7. The molecule has 0 radical (unpaired) electrons. The zero-order valence-electron chi connectivity index (χ0n) is 14.1. The second-order valence-corrected chi connectivity index (χ2v) is 6.02. The number of benzene rings is 2. The van der Waals surface area contributed by atoms with Gasteiger partial charge in [0.1, 0.15) is 5.75 Å². The van der Waals surface area contributed by atoms with Crippen LogP contribution in [0.5, 0.6) is 5.75 Å². The lowest BCUT2D eigenvalue weighted by molar-refractivity contribution is 0.0539. The van der Waals surface area contributed by atoms with Crippen molar-refractivity contribution in [2.45, 2.75) is 25.4 Å². The average Bonchev–Trinajstić information content (AvgIpc) is 2.60. The Morgan fingerprint density at radius 1 is 1.17 bits per heavy atom. The monoisotopic (exact) mass is 328 g/mol. The third-order valence-electron chi connectivity index (χ3n) is 3.75. The molecule has 2 aromatic rings. The number of hydrogen-bond donors (Lipinski definition) is 3. The maximum absolute atomic E-state index is 12.0. The van der Waals surface area contributed by atoms with Crippen LogP contribution in [0.1, 0.15) is 18.9 Å². The van der Waals surface area contributed by atoms with Crippen molar-refractivity contribution in [3.63, 3.8) is 0 Å². The molecule has 2 amide bonds. The van der Waals surface area contributed by atoms with Crippen molar-refractivity contribution >= 4 is 11.7 Å². The highest BCUT2D eigenvalue weighted by Gasteiger charge is 2.21. The largest absolute Gasteiger partial charge is 0.497 e. The SMILES string of the molecule is COc1cccc(NC(=O)NCC(C)(O)CCc2ccccc2)c1. The van der Waals surface area contributed by atoms with Crippen LogP contribution in [0.3, 0.4) is 0 Å². The van der Waals surface area contributed by atoms with Crippen LogP contribution in [0.2, 0.25) is 0 Å². The Kier molecular flexibility index (Phi) is 6.21. The van der Waals surface area contributed by atoms with Crippen molar-refractivity contribution in [3.05, 3.63) is 60.2 Å². The van der Waals surface area contributed by atoms with E-state index in [0.717, 1.165) is 6.42 Å². The first-order valence-electron chi connectivity index (χ1n) is 7.94. The van der Waals surface area contributed by atoms with Crippen molar-refractivity contribution in [1.29, 1.82) is 0 Å². The molecular formula is C19H24N2O3. The Hall–Kier alpha value is -2.53. The molecular weight excluding hydrogens is 304 g/mol. The smallest absolute Gasteiger partial charge is 0.319 e. The predicted molar refractivity (Wildman–Crippen MR) is 95.4 cm³/mol. The summed E-state index contributed by atoms with van der Waals surface area (Å²) < 4.78 is 5.11. The summed E-state index contributed by atoms with van der Waals surface area (Å²) in [6, 6.07) is 16.7. The first-order valence-corrected chi connectivity index (χ1v) is 7.94. The molecule has 0 aliphatic rings. The van der Waals surface area contributed by atoms with Crippen LogP contribution < -0.4 is 15.4 Å². The number of carbonyl (C=O) groups is 1. The number of nitrogens with one attached hydrogen (secondary N) is 2. The number of aliphatic hydroxyl groups is 1. The summed E-state index contributed by atoms with van der Waals surface area (Å²) in [5.41, 5.74) is 0.830. The average molecular weight is 328 g/mol. The standard InChI is InChI=1S/C19H24N2O3/c1-19(23,12-11-15-7-4-3-5-8-15)14-20-18(22)21-16-9-6-10-17(13-16)24-2/h3-10,13,23H,11-12,14H2,1-2H3,(H2,20,21,22). The van der Waals surface area contributed by atoms with E-state index < -0.39 is 5.60 Å². The summed E-state index contributed by atoms with van der Waals surface area (Å²) in [5, 5.41) is 15.8. The van der Waals surface area contributed by atoms with E-state index in [9.17, 15) is 9.90 Å². The molecule has 0 bridgehead atoms. The molecule has 1 unspecified atom stereocenters. The van der Waals surface area contributed by atoms with E-state index in [-0.39, 0.29) is 12.6 Å². The Bertz CT molecular complexity index is 657. The molecule has 0 saturated carbocycles. The van der Waals surface area contributed by atoms with Crippen molar-refractivity contribution in [1.82, 2.24) is 5.32 Å². The molecule has 0 saturated heterocycles. The van der Waals surface area contributed by atoms with Crippen molar-refractivity contribution in [3.8, 4) is 5.75 Å². The quantitative estimate of drug-likeness (QED) is 0.731. The number of urea groups is 1. The highest BCUT2D eigenvalue weighted by molar-refractivity contribution is 5.89. The van der Waals surface area contributed by atoms with Gasteiger partial charge in [0.05, 0.1) is 12.7 Å². The van der Waals surface area contributed by atoms with Crippen molar-refractivity contribution in [2.24, 2.45) is 0 Å². The number of ether oxygens (including phenoxy) is 1. The van der Waals surface area contributed by atoms with Crippen molar-refractivity contribution < 1.29 is 14.6 Å². The molecule has 1 atom stereocenters. The van der Waals surface area contributed by atoms with Gasteiger partial charge in [0.15, 0.2) is 0 Å². The third-order valence-corrected chi connectivity index (χ3v) is 3.75. The minimum atomic E-state index is -0.971. The Balaban J connectivity index is 1.79. The first kappa shape index (κ1) is 17.8. The van der Waals surface area contributed by atoms with E-state index in [1.807, 2.05) is 30.3 Å². The van der Waals surface area contributed by atoms with Gasteiger partial charge in [0.25, 0.3) is 0 Å². The van der Waals surface area contributed by atoms with Gasteiger partial charge in [-0.05, 0) is 37.5 Å². The summed E-state index contributed by atoms with van der Waals surface area (Å²) in [6.45, 7) is 1.90. The summed E-state index contributed by atoms with van der Waals surface area (Å²) in [5.74, 6) is 0.669. The van der Waals surface area contributed by atoms with E-state index in [4.69, 9.17) is 4.74 Å². The molecule has 2 aromatic carbocycles. The van der Waals surface area contributed by atoms with E-state index in [2.05, 4.69) is 10.6 Å². The topological polar surface area (TPSA) is 70.6 Å². The second-order valence-electron chi connectivity index (χ2n) is 6.02. The van der Waals surface area contributed by atoms with Gasteiger partial charge in [-0.25, -0.2) is 4.79 Å². The fourth-order valence-corrected chi connectivity index (χ4v) is 2.29. The summed E-state index contributed by atoms with van der Waals surface area (Å²) in [7, 11) is 1.57. The maximum Gasteiger partial charge on any atom is 0.319 e. The van der Waals surface area contributed by atoms with E-state index >= 15 is 0 Å². The number of hydrogen-bond acceptors (Lipinski definition) is 3. The van der Waals surface area contributed by atoms with Gasteiger partial charge in [-0.3, -0.25) is 0 Å². The number of methoxy groups -OCH3 is 1. The Morgan fingerprint density at radius 2 is 1.92 bits per heavy atom. The number of carbonyl (C=O) groups excluding carboxylic acids is 1. The predicted octanol–water partition coefficient (Wildman–Crippen LogP) is 3.20. The Labute approximate surface area is 142 Å². The first-order chi connectivity index (χ1) is 11.5. The molecule has 5 heteroatoms. The van der Waals surface area contributed by atoms with Gasteiger partial charge in [0, 0.05) is 18.3 Å². The van der Waals surface area contributed by atoms with Gasteiger partial charge in [-0.15, -0.1) is 0 Å². The molecule has 0 aromatic heterocycles. The van der Waals surface area contributed by atoms with E-state index in [1.54, 1.807) is 38.3 Å². The van der Waals surface area contributed by atoms with Crippen molar-refractivity contribution in [2.75, 3.05) is 19.0 Å². The molecule has 0 spiro atoms. The maximum atomic E-state index is 12.0. The lowest BCUT2D eigenvalue weighted by Gasteiger charge is -2.23. The second kappa shape index (κ2) is 8.36. The minimum Gasteiger partial charge on any atom is -0.497 e. The van der Waals surface area contributed by atoms with Gasteiger partial charge < -0.3 is 20.5 Å². The fraction of sp³-hybridized carbons (Fsp3) is 0.316. The molecule has 0 aliphatic carbocycles. The van der Waals surface area contributed by atoms with Crippen LogP contribution in [-0.2, 0) is 6.42 Å². The van der Waals surface area contributed by atoms with Gasteiger partial charge in [-0.1, -0.05) is 36.4 Å². The third kappa shape index (κ3) is 5.93. The molecule has 0 aliphatic heterocycles. The van der Waals surface area contributed by atoms with Crippen LogP contribution in [0, 0.1) is 0 Å². The molecule has 3 N–H and O–H groups in total. The van der Waals surface area contributed by atoms with Gasteiger partial charge in [-0.2, -0.15) is 0 Å². The highest BCUT2D eigenvalue weighted by Crippen LogP contribution is 2.17. The molecule has 0 heterocycles. The minimum absolute atomic E-state index is 0.176. The Morgan fingerprint density at radius 3 is 2.62 bits per heavy atom. The normalized spacial score (nSPS) is 13.0. The van der Waals surface area contributed by atoms with Gasteiger partial charge in [0.2, 0.25) is 0 Å². The number of amides is 2. The van der Waals surface area contributed by atoms with Crippen LogP contribution in [-0.4, -0.2) is 30.4 Å². The molecule has 5 nitrogen and oxygen atoms in total. The lowest BCUT2D eigenvalue weighted by Crippen LogP contribution is -2.42.